The first-order valence-corrected chi connectivity index (χ1v) is 14.4. The molecule has 34 heavy (non-hydrogen) atoms. The van der Waals surface area contributed by atoms with Gasteiger partial charge in [0.25, 0.3) is 5.91 Å². The van der Waals surface area contributed by atoms with Crippen LogP contribution in [-0.4, -0.2) is 46.9 Å². The molecule has 4 aromatic rings. The Morgan fingerprint density at radius 1 is 1.26 bits per heavy atom. The highest BCUT2D eigenvalue weighted by Gasteiger charge is 2.32. The molecule has 172 valence electrons. The number of ether oxygens (including phenoxy) is 1. The van der Waals surface area contributed by atoms with Crippen molar-refractivity contribution in [3.05, 3.63) is 65.4 Å². The Morgan fingerprint density at radius 2 is 2.06 bits per heavy atom. The molecule has 9 heteroatoms. The molecular weight excluding hydrogens is 449 g/mol. The Kier molecular flexibility index (Phi) is 5.06. The number of hydrogen-bond donors (Lipinski definition) is 1. The first kappa shape index (κ1) is 21.9. The molecule has 3 heterocycles. The number of nitrogens with zero attached hydrogens (tertiary/aromatic N) is 4. The summed E-state index contributed by atoms with van der Waals surface area (Å²) in [5, 5.41) is 0. The van der Waals surface area contributed by atoms with Crippen molar-refractivity contribution in [2.75, 3.05) is 19.4 Å². The molecule has 0 saturated carbocycles. The van der Waals surface area contributed by atoms with Crippen LogP contribution in [-0.2, 0) is 0 Å². The lowest BCUT2D eigenvalue weighted by Gasteiger charge is -2.24. The summed E-state index contributed by atoms with van der Waals surface area (Å²) in [7, 11) is 0.157. The van der Waals surface area contributed by atoms with E-state index < -0.39 is 19.8 Å². The number of benzene rings is 2. The zero-order valence-electron chi connectivity index (χ0n) is 19.4. The highest BCUT2D eigenvalue weighted by molar-refractivity contribution is 6.83. The maximum Gasteiger partial charge on any atom is 0.257 e. The van der Waals surface area contributed by atoms with Gasteiger partial charge in [-0.25, -0.2) is 14.4 Å². The van der Waals surface area contributed by atoms with E-state index in [0.29, 0.717) is 28.9 Å². The summed E-state index contributed by atoms with van der Waals surface area (Å²) in [6, 6.07) is 8.17. The number of fused-ring (bicyclic) bond motifs is 4. The molecule has 5 rings (SSSR count). The van der Waals surface area contributed by atoms with Crippen molar-refractivity contribution in [2.24, 2.45) is 0 Å². The van der Waals surface area contributed by atoms with Crippen LogP contribution in [0.25, 0.3) is 16.6 Å². The minimum Gasteiger partial charge on any atom is -0.491 e. The van der Waals surface area contributed by atoms with Crippen LogP contribution in [0, 0.1) is 17.3 Å². The number of aromatic nitrogens is 3. The Balaban J connectivity index is 1.48. The van der Waals surface area contributed by atoms with E-state index in [4.69, 9.17) is 10.5 Å². The van der Waals surface area contributed by atoms with Gasteiger partial charge in [0.15, 0.2) is 0 Å². The van der Waals surface area contributed by atoms with E-state index in [1.165, 1.54) is 17.0 Å². The van der Waals surface area contributed by atoms with Gasteiger partial charge in [-0.2, -0.15) is 0 Å². The molecule has 1 atom stereocenters. The summed E-state index contributed by atoms with van der Waals surface area (Å²) in [5.41, 5.74) is 12.5. The van der Waals surface area contributed by atoms with Crippen molar-refractivity contribution in [2.45, 2.75) is 25.7 Å². The Bertz CT molecular complexity index is 1530. The van der Waals surface area contributed by atoms with Crippen LogP contribution in [0.5, 0.6) is 5.75 Å². The monoisotopic (exact) mass is 473 g/mol. The van der Waals surface area contributed by atoms with Gasteiger partial charge in [-0.05, 0) is 18.2 Å². The third-order valence-electron chi connectivity index (χ3n) is 5.83. The van der Waals surface area contributed by atoms with E-state index in [-0.39, 0.29) is 17.4 Å². The van der Waals surface area contributed by atoms with E-state index in [1.807, 2.05) is 18.2 Å². The molecule has 0 unspecified atom stereocenters. The average molecular weight is 474 g/mol. The van der Waals surface area contributed by atoms with Crippen LogP contribution in [0.2, 0.25) is 19.6 Å². The van der Waals surface area contributed by atoms with Gasteiger partial charge in [0, 0.05) is 24.2 Å². The number of rotatable bonds is 2. The summed E-state index contributed by atoms with van der Waals surface area (Å²) in [6.45, 7) is 6.86. The van der Waals surface area contributed by atoms with E-state index in [2.05, 4.69) is 41.1 Å². The van der Waals surface area contributed by atoms with Gasteiger partial charge in [0.2, 0.25) is 0 Å². The zero-order valence-corrected chi connectivity index (χ0v) is 20.4. The van der Waals surface area contributed by atoms with Crippen molar-refractivity contribution in [3.63, 3.8) is 0 Å². The number of nitrogen functional groups attached to an aromatic ring is 1. The number of likely N-dealkylation sites (N-methyl/N-ethyl adjacent to an activating group) is 1. The number of amides is 1. The number of carbonyl (C=O) groups excluding carboxylic acids is 1. The van der Waals surface area contributed by atoms with Gasteiger partial charge in [-0.15, -0.1) is 5.54 Å². The normalized spacial score (nSPS) is 15.0. The molecule has 0 spiro atoms. The number of carbonyl (C=O) groups is 1. The number of halogens is 1. The molecule has 1 aliphatic heterocycles. The van der Waals surface area contributed by atoms with Crippen LogP contribution in [0.15, 0.2) is 42.9 Å². The zero-order chi connectivity index (χ0) is 24.2. The predicted molar refractivity (Wildman–Crippen MR) is 132 cm³/mol. The molecule has 1 aliphatic rings. The maximum atomic E-state index is 15.0. The lowest BCUT2D eigenvalue weighted by molar-refractivity contribution is 0.0704. The number of hydrogen-bond acceptors (Lipinski definition) is 5. The maximum absolute atomic E-state index is 15.0. The van der Waals surface area contributed by atoms with Gasteiger partial charge in [-0.1, -0.05) is 31.6 Å². The fraction of sp³-hybridized carbons (Fsp3) is 0.240. The summed E-state index contributed by atoms with van der Waals surface area (Å²) >= 11 is 0. The fourth-order valence-electron chi connectivity index (χ4n) is 4.04. The molecule has 2 aromatic heterocycles. The number of imidazole rings is 1. The Labute approximate surface area is 197 Å². The summed E-state index contributed by atoms with van der Waals surface area (Å²) in [4.78, 5) is 23.2. The lowest BCUT2D eigenvalue weighted by atomic mass is 10.0. The van der Waals surface area contributed by atoms with Gasteiger partial charge < -0.3 is 15.4 Å². The van der Waals surface area contributed by atoms with Crippen LogP contribution < -0.4 is 10.5 Å². The fourth-order valence-corrected chi connectivity index (χ4v) is 4.56. The van der Waals surface area contributed by atoms with Crippen molar-refractivity contribution >= 4 is 36.3 Å². The van der Waals surface area contributed by atoms with Crippen molar-refractivity contribution in [1.29, 1.82) is 0 Å². The minimum atomic E-state index is -1.50. The topological polar surface area (TPSA) is 85.8 Å². The lowest BCUT2D eigenvalue weighted by Crippen LogP contribution is -2.32. The summed E-state index contributed by atoms with van der Waals surface area (Å²) in [6.07, 6.45) is 3.14. The smallest absolute Gasteiger partial charge is 0.257 e. The largest absolute Gasteiger partial charge is 0.491 e. The van der Waals surface area contributed by atoms with Crippen LogP contribution in [0.4, 0.5) is 10.2 Å². The minimum absolute atomic E-state index is 0.0531. The molecule has 0 fully saturated rings. The molecule has 0 aliphatic carbocycles. The van der Waals surface area contributed by atoms with Crippen molar-refractivity contribution in [3.8, 4) is 17.2 Å². The molecule has 0 bridgehead atoms. The number of nitrogens with two attached hydrogens (primary N) is 1. The van der Waals surface area contributed by atoms with Crippen molar-refractivity contribution < 1.29 is 13.9 Å². The summed E-state index contributed by atoms with van der Waals surface area (Å²) < 4.78 is 22.6. The highest BCUT2D eigenvalue weighted by atomic mass is 28.3. The Morgan fingerprint density at radius 3 is 2.82 bits per heavy atom. The van der Waals surface area contributed by atoms with E-state index in [1.54, 1.807) is 24.0 Å². The summed E-state index contributed by atoms with van der Waals surface area (Å²) in [5.74, 6) is 3.06. The number of anilines is 1. The first-order chi connectivity index (χ1) is 16.1. The standard InChI is InChI=1S/C25H24FN5O2Si/c1-30(22-13-33-23-9-15(5-6-16(22)23)7-8-34(2,3)4)25(32)17-10-20-19(11-18(17)26)29-24(27)21-12-28-14-31(20)21/h5-6,9-12,14,22H,13H2,1-4H3,(H2,27,29)/t22-/m1/s1. The van der Waals surface area contributed by atoms with Crippen LogP contribution >= 0.6 is 0 Å². The highest BCUT2D eigenvalue weighted by Crippen LogP contribution is 2.37. The van der Waals surface area contributed by atoms with Crippen molar-refractivity contribution in [1.82, 2.24) is 19.3 Å². The third-order valence-corrected chi connectivity index (χ3v) is 6.71. The van der Waals surface area contributed by atoms with Crippen LogP contribution in [0.3, 0.4) is 0 Å². The second-order valence-electron chi connectivity index (χ2n) is 9.46. The molecule has 0 saturated heterocycles. The average Bonchev–Trinajstić information content (AvgIpc) is 3.43. The van der Waals surface area contributed by atoms with E-state index in [9.17, 15) is 4.79 Å². The molecule has 7 nitrogen and oxygen atoms in total. The second-order valence-corrected chi connectivity index (χ2v) is 14.2. The molecule has 2 N–H and O–H groups in total. The third kappa shape index (κ3) is 3.76. The second kappa shape index (κ2) is 7.85. The Hall–Kier alpha value is -3.90. The quantitative estimate of drug-likeness (QED) is 0.351. The first-order valence-electron chi connectivity index (χ1n) is 10.9. The molecule has 1 amide bonds. The van der Waals surface area contributed by atoms with E-state index in [0.717, 1.165) is 11.1 Å². The van der Waals surface area contributed by atoms with Gasteiger partial charge >= 0.3 is 0 Å². The SMILES string of the molecule is CN(C(=O)c1cc2c(cc1F)nc(N)c1cncn12)[C@@H]1COc2cc(C#C[Si](C)(C)C)ccc21. The molecule has 2 aromatic carbocycles. The van der Waals surface area contributed by atoms with Gasteiger partial charge in [0.05, 0.1) is 35.2 Å². The predicted octanol–water partition coefficient (Wildman–Crippen LogP) is 4.04. The molecular formula is C25H24FN5O2Si. The molecule has 0 radical (unpaired) electrons. The van der Waals surface area contributed by atoms with Gasteiger partial charge in [0.1, 0.15) is 37.6 Å². The van der Waals surface area contributed by atoms with Crippen LogP contribution in [0.1, 0.15) is 27.5 Å². The van der Waals surface area contributed by atoms with E-state index >= 15 is 4.39 Å². The van der Waals surface area contributed by atoms with Gasteiger partial charge in [-0.3, -0.25) is 9.20 Å².